The predicted molar refractivity (Wildman–Crippen MR) is 109 cm³/mol. The molecule has 9 heteroatoms. The summed E-state index contributed by atoms with van der Waals surface area (Å²) in [5, 5.41) is 5.20. The number of nitrogens with one attached hydrogen (secondary N) is 1. The quantitative estimate of drug-likeness (QED) is 0.694. The van der Waals surface area contributed by atoms with Gasteiger partial charge in [-0.25, -0.2) is 18.4 Å². The zero-order valence-electron chi connectivity index (χ0n) is 17.4. The summed E-state index contributed by atoms with van der Waals surface area (Å²) in [5.41, 5.74) is 2.31. The number of benzene rings is 1. The maximum absolute atomic E-state index is 13.1. The van der Waals surface area contributed by atoms with E-state index in [-0.39, 0.29) is 22.6 Å². The SMILES string of the molecule is Cc1[nH]c(C(=O)N(C)C(C)c2cccc(S(N)(=O)=O)c2)c(C)c1C(=O)OC(C)C. The highest BCUT2D eigenvalue weighted by atomic mass is 32.2. The molecule has 1 aromatic carbocycles. The second kappa shape index (κ2) is 8.38. The van der Waals surface area contributed by atoms with Gasteiger partial charge in [0.1, 0.15) is 5.69 Å². The monoisotopic (exact) mass is 421 g/mol. The molecule has 0 aliphatic carbocycles. The molecule has 158 valence electrons. The molecule has 8 nitrogen and oxygen atoms in total. The molecule has 1 amide bonds. The highest BCUT2D eigenvalue weighted by Gasteiger charge is 2.27. The molecule has 1 atom stereocenters. The van der Waals surface area contributed by atoms with Crippen molar-refractivity contribution in [2.45, 2.75) is 51.7 Å². The molecule has 1 unspecified atom stereocenters. The molecule has 0 saturated carbocycles. The van der Waals surface area contributed by atoms with Gasteiger partial charge in [-0.1, -0.05) is 12.1 Å². The first-order chi connectivity index (χ1) is 13.3. The van der Waals surface area contributed by atoms with Crippen molar-refractivity contribution in [3.05, 3.63) is 52.3 Å². The van der Waals surface area contributed by atoms with Gasteiger partial charge in [0.25, 0.3) is 5.91 Å². The van der Waals surface area contributed by atoms with E-state index in [0.717, 1.165) is 0 Å². The van der Waals surface area contributed by atoms with Crippen LogP contribution in [0.15, 0.2) is 29.2 Å². The zero-order chi connectivity index (χ0) is 22.1. The van der Waals surface area contributed by atoms with Crippen LogP contribution in [-0.4, -0.2) is 43.3 Å². The average Bonchev–Trinajstić information content (AvgIpc) is 2.93. The highest BCUT2D eigenvalue weighted by Crippen LogP contribution is 2.26. The van der Waals surface area contributed by atoms with Crippen LogP contribution < -0.4 is 5.14 Å². The van der Waals surface area contributed by atoms with Gasteiger partial charge in [0, 0.05) is 12.7 Å². The molecule has 0 radical (unpaired) electrons. The van der Waals surface area contributed by atoms with Crippen molar-refractivity contribution in [3.8, 4) is 0 Å². The van der Waals surface area contributed by atoms with Crippen LogP contribution in [0.5, 0.6) is 0 Å². The normalized spacial score (nSPS) is 12.7. The third kappa shape index (κ3) is 4.86. The number of H-pyrrole nitrogens is 1. The van der Waals surface area contributed by atoms with Crippen molar-refractivity contribution in [2.75, 3.05) is 7.05 Å². The summed E-state index contributed by atoms with van der Waals surface area (Å²) in [4.78, 5) is 29.9. The summed E-state index contributed by atoms with van der Waals surface area (Å²) in [6.07, 6.45) is -0.274. The van der Waals surface area contributed by atoms with Crippen molar-refractivity contribution in [3.63, 3.8) is 0 Å². The Labute approximate surface area is 171 Å². The van der Waals surface area contributed by atoms with Crippen LogP contribution in [-0.2, 0) is 14.8 Å². The predicted octanol–water partition coefficient (Wildman–Crippen LogP) is 2.68. The first-order valence-corrected chi connectivity index (χ1v) is 10.7. The van der Waals surface area contributed by atoms with Crippen LogP contribution in [0.3, 0.4) is 0 Å². The Morgan fingerprint density at radius 2 is 1.79 bits per heavy atom. The van der Waals surface area contributed by atoms with Crippen molar-refractivity contribution in [2.24, 2.45) is 5.14 Å². The second-order valence-corrected chi connectivity index (χ2v) is 8.85. The van der Waals surface area contributed by atoms with Crippen molar-refractivity contribution in [1.29, 1.82) is 0 Å². The lowest BCUT2D eigenvalue weighted by Crippen LogP contribution is -2.30. The van der Waals surface area contributed by atoms with Gasteiger partial charge in [0.05, 0.1) is 22.6 Å². The summed E-state index contributed by atoms with van der Waals surface area (Å²) in [5.74, 6) is -0.815. The molecule has 0 aliphatic rings. The number of rotatable bonds is 6. The lowest BCUT2D eigenvalue weighted by atomic mass is 10.1. The third-order valence-corrected chi connectivity index (χ3v) is 5.68. The lowest BCUT2D eigenvalue weighted by Gasteiger charge is -2.25. The largest absolute Gasteiger partial charge is 0.459 e. The molecular formula is C20H27N3O5S. The molecule has 2 aromatic rings. The number of aryl methyl sites for hydroxylation is 1. The Balaban J connectivity index is 2.34. The van der Waals surface area contributed by atoms with Gasteiger partial charge in [-0.2, -0.15) is 0 Å². The Kier molecular flexibility index (Phi) is 6.54. The number of ether oxygens (including phenoxy) is 1. The third-order valence-electron chi connectivity index (χ3n) is 4.77. The first kappa shape index (κ1) is 22.6. The topological polar surface area (TPSA) is 123 Å². The summed E-state index contributed by atoms with van der Waals surface area (Å²) in [7, 11) is -2.24. The molecule has 3 N–H and O–H groups in total. The number of aromatic nitrogens is 1. The number of esters is 1. The van der Waals surface area contributed by atoms with Crippen LogP contribution in [0.2, 0.25) is 0 Å². The van der Waals surface area contributed by atoms with Gasteiger partial charge in [-0.15, -0.1) is 0 Å². The maximum Gasteiger partial charge on any atom is 0.340 e. The molecule has 0 bridgehead atoms. The minimum Gasteiger partial charge on any atom is -0.459 e. The molecule has 1 heterocycles. The number of hydrogen-bond donors (Lipinski definition) is 2. The van der Waals surface area contributed by atoms with Gasteiger partial charge >= 0.3 is 5.97 Å². The van der Waals surface area contributed by atoms with E-state index in [0.29, 0.717) is 22.4 Å². The number of carbonyl (C=O) groups is 2. The van der Waals surface area contributed by atoms with E-state index in [1.807, 2.05) is 0 Å². The number of hydrogen-bond acceptors (Lipinski definition) is 5. The Morgan fingerprint density at radius 1 is 1.17 bits per heavy atom. The molecular weight excluding hydrogens is 394 g/mol. The van der Waals surface area contributed by atoms with Crippen LogP contribution in [0.1, 0.15) is 64.5 Å². The molecule has 0 fully saturated rings. The Hall–Kier alpha value is -2.65. The first-order valence-electron chi connectivity index (χ1n) is 9.14. The second-order valence-electron chi connectivity index (χ2n) is 7.29. The van der Waals surface area contributed by atoms with E-state index in [1.54, 1.807) is 53.8 Å². The lowest BCUT2D eigenvalue weighted by molar-refractivity contribution is 0.0376. The smallest absolute Gasteiger partial charge is 0.340 e. The van der Waals surface area contributed by atoms with Gasteiger partial charge < -0.3 is 14.6 Å². The Morgan fingerprint density at radius 3 is 2.34 bits per heavy atom. The summed E-state index contributed by atoms with van der Waals surface area (Å²) < 4.78 is 28.5. The number of primary sulfonamides is 1. The molecule has 0 aliphatic heterocycles. The van der Waals surface area contributed by atoms with E-state index in [2.05, 4.69) is 4.98 Å². The summed E-state index contributed by atoms with van der Waals surface area (Å²) in [6, 6.07) is 5.72. The van der Waals surface area contributed by atoms with E-state index < -0.39 is 22.0 Å². The van der Waals surface area contributed by atoms with Gasteiger partial charge in [0.2, 0.25) is 10.0 Å². The number of sulfonamides is 1. The molecule has 2 rings (SSSR count). The van der Waals surface area contributed by atoms with Crippen LogP contribution >= 0.6 is 0 Å². The van der Waals surface area contributed by atoms with E-state index in [9.17, 15) is 18.0 Å². The fourth-order valence-electron chi connectivity index (χ4n) is 3.07. The standard InChI is InChI=1S/C20H27N3O5S/c1-11(2)28-20(25)17-12(3)18(22-13(17)4)19(24)23(6)14(5)15-8-7-9-16(10-15)29(21,26)27/h7-11,14,22H,1-6H3,(H2,21,26,27). The number of nitrogens with zero attached hydrogens (tertiary/aromatic N) is 1. The van der Waals surface area contributed by atoms with E-state index >= 15 is 0 Å². The van der Waals surface area contributed by atoms with E-state index in [4.69, 9.17) is 9.88 Å². The number of carbonyl (C=O) groups excluding carboxylic acids is 2. The van der Waals surface area contributed by atoms with E-state index in [1.165, 1.54) is 17.0 Å². The van der Waals surface area contributed by atoms with Crippen molar-refractivity contribution < 1.29 is 22.7 Å². The molecule has 29 heavy (non-hydrogen) atoms. The summed E-state index contributed by atoms with van der Waals surface area (Å²) >= 11 is 0. The fraction of sp³-hybridized carbons (Fsp3) is 0.400. The number of aromatic amines is 1. The van der Waals surface area contributed by atoms with Crippen LogP contribution in [0, 0.1) is 13.8 Å². The average molecular weight is 422 g/mol. The highest BCUT2D eigenvalue weighted by molar-refractivity contribution is 7.89. The van der Waals surface area contributed by atoms with Crippen molar-refractivity contribution in [1.82, 2.24) is 9.88 Å². The number of amides is 1. The van der Waals surface area contributed by atoms with Gasteiger partial charge in [0.15, 0.2) is 0 Å². The van der Waals surface area contributed by atoms with Crippen molar-refractivity contribution >= 4 is 21.9 Å². The molecule has 0 saturated heterocycles. The summed E-state index contributed by atoms with van der Waals surface area (Å²) in [6.45, 7) is 8.69. The molecule has 0 spiro atoms. The minimum atomic E-state index is -3.85. The fourth-order valence-corrected chi connectivity index (χ4v) is 3.64. The van der Waals surface area contributed by atoms with Crippen LogP contribution in [0.25, 0.3) is 0 Å². The number of nitrogens with two attached hydrogens (primary N) is 1. The van der Waals surface area contributed by atoms with Gasteiger partial charge in [-0.05, 0) is 57.9 Å². The zero-order valence-corrected chi connectivity index (χ0v) is 18.3. The van der Waals surface area contributed by atoms with Crippen LogP contribution in [0.4, 0.5) is 0 Å². The van der Waals surface area contributed by atoms with Gasteiger partial charge in [-0.3, -0.25) is 4.79 Å². The molecule has 1 aromatic heterocycles. The maximum atomic E-state index is 13.1. The minimum absolute atomic E-state index is 0.0201. The Bertz CT molecular complexity index is 1040.